The largest absolute Gasteiger partial charge is 0.393 e. The van der Waals surface area contributed by atoms with E-state index in [4.69, 9.17) is 0 Å². The van der Waals surface area contributed by atoms with Crippen molar-refractivity contribution in [3.63, 3.8) is 0 Å². The number of aromatic nitrogens is 1. The number of hydrogen-bond acceptors (Lipinski definition) is 2. The van der Waals surface area contributed by atoms with Gasteiger partial charge in [-0.3, -0.25) is 0 Å². The molecule has 3 heteroatoms. The molecular weight excluding hydrogens is 188 g/mol. The minimum Gasteiger partial charge on any atom is -0.393 e. The molecule has 1 atom stereocenters. The third-order valence-electron chi connectivity index (χ3n) is 2.79. The zero-order valence-electron chi connectivity index (χ0n) is 9.32. The van der Waals surface area contributed by atoms with Crippen LogP contribution in [0.1, 0.15) is 31.7 Å². The van der Waals surface area contributed by atoms with E-state index < -0.39 is 0 Å². The molecular formula is C12H20N2O. The van der Waals surface area contributed by atoms with Gasteiger partial charge in [0.25, 0.3) is 0 Å². The highest BCUT2D eigenvalue weighted by atomic mass is 16.3. The lowest BCUT2D eigenvalue weighted by molar-refractivity contribution is 0.178. The standard InChI is InChI=1S/C12H20N2O/c1-10(15)4-6-14-7-5-11(9-14)8-13-12-2-3-12/h5,7,9-10,12-13,15H,2-4,6,8H2,1H3. The van der Waals surface area contributed by atoms with Crippen LogP contribution in [0, 0.1) is 0 Å². The normalized spacial score (nSPS) is 18.0. The first-order valence-electron chi connectivity index (χ1n) is 5.80. The zero-order chi connectivity index (χ0) is 10.7. The summed E-state index contributed by atoms with van der Waals surface area (Å²) in [6.45, 7) is 3.71. The highest BCUT2D eigenvalue weighted by molar-refractivity contribution is 5.10. The van der Waals surface area contributed by atoms with Crippen molar-refractivity contribution in [1.82, 2.24) is 9.88 Å². The molecule has 0 aromatic carbocycles. The topological polar surface area (TPSA) is 37.2 Å². The Hall–Kier alpha value is -0.800. The molecule has 84 valence electrons. The fourth-order valence-electron chi connectivity index (χ4n) is 1.62. The lowest BCUT2D eigenvalue weighted by Crippen LogP contribution is -2.14. The molecule has 2 N–H and O–H groups in total. The second-order valence-corrected chi connectivity index (χ2v) is 4.55. The molecule has 1 unspecified atom stereocenters. The van der Waals surface area contributed by atoms with Crippen LogP contribution in [-0.4, -0.2) is 21.8 Å². The van der Waals surface area contributed by atoms with Gasteiger partial charge >= 0.3 is 0 Å². The van der Waals surface area contributed by atoms with Crippen molar-refractivity contribution in [2.75, 3.05) is 0 Å². The molecule has 1 aliphatic carbocycles. The predicted octanol–water partition coefficient (Wildman–Crippen LogP) is 1.51. The number of aliphatic hydroxyl groups is 1. The molecule has 0 amide bonds. The molecule has 1 aromatic heterocycles. The summed E-state index contributed by atoms with van der Waals surface area (Å²) in [5, 5.41) is 12.7. The molecule has 15 heavy (non-hydrogen) atoms. The van der Waals surface area contributed by atoms with Gasteiger partial charge in [0.15, 0.2) is 0 Å². The van der Waals surface area contributed by atoms with Gasteiger partial charge in [0.2, 0.25) is 0 Å². The summed E-state index contributed by atoms with van der Waals surface area (Å²) in [4.78, 5) is 0. The van der Waals surface area contributed by atoms with E-state index in [9.17, 15) is 5.11 Å². The second kappa shape index (κ2) is 4.81. The smallest absolute Gasteiger partial charge is 0.0529 e. The number of nitrogens with one attached hydrogen (secondary N) is 1. The van der Waals surface area contributed by atoms with Gasteiger partial charge in [0.05, 0.1) is 6.10 Å². The van der Waals surface area contributed by atoms with Gasteiger partial charge in [-0.05, 0) is 37.8 Å². The van der Waals surface area contributed by atoms with Gasteiger partial charge in [-0.2, -0.15) is 0 Å². The highest BCUT2D eigenvalue weighted by Gasteiger charge is 2.19. The van der Waals surface area contributed by atoms with Crippen molar-refractivity contribution >= 4 is 0 Å². The summed E-state index contributed by atoms with van der Waals surface area (Å²) in [6.07, 6.45) is 7.54. The van der Waals surface area contributed by atoms with Gasteiger partial charge in [-0.25, -0.2) is 0 Å². The zero-order valence-corrected chi connectivity index (χ0v) is 9.32. The van der Waals surface area contributed by atoms with E-state index in [0.717, 1.165) is 25.6 Å². The number of hydrogen-bond donors (Lipinski definition) is 2. The van der Waals surface area contributed by atoms with E-state index in [2.05, 4.69) is 28.3 Å². The molecule has 2 rings (SSSR count). The summed E-state index contributed by atoms with van der Waals surface area (Å²) < 4.78 is 2.15. The number of aryl methyl sites for hydroxylation is 1. The molecule has 0 bridgehead atoms. The van der Waals surface area contributed by atoms with Crippen molar-refractivity contribution in [1.29, 1.82) is 0 Å². The SMILES string of the molecule is CC(O)CCn1ccc(CNC2CC2)c1. The van der Waals surface area contributed by atoms with Crippen molar-refractivity contribution in [2.45, 2.75) is 51.4 Å². The maximum absolute atomic E-state index is 9.18. The van der Waals surface area contributed by atoms with E-state index in [1.165, 1.54) is 18.4 Å². The molecule has 0 radical (unpaired) electrons. The van der Waals surface area contributed by atoms with Crippen molar-refractivity contribution in [2.24, 2.45) is 0 Å². The quantitative estimate of drug-likeness (QED) is 0.743. The van der Waals surface area contributed by atoms with Crippen LogP contribution >= 0.6 is 0 Å². The van der Waals surface area contributed by atoms with Gasteiger partial charge in [-0.15, -0.1) is 0 Å². The van der Waals surface area contributed by atoms with Gasteiger partial charge in [0, 0.05) is 31.5 Å². The molecule has 0 spiro atoms. The molecule has 0 aliphatic heterocycles. The lowest BCUT2D eigenvalue weighted by Gasteiger charge is -2.04. The minimum absolute atomic E-state index is 0.208. The Balaban J connectivity index is 1.75. The van der Waals surface area contributed by atoms with Crippen molar-refractivity contribution in [3.05, 3.63) is 24.0 Å². The van der Waals surface area contributed by atoms with Gasteiger partial charge < -0.3 is 15.0 Å². The van der Waals surface area contributed by atoms with E-state index in [1.807, 2.05) is 6.92 Å². The van der Waals surface area contributed by atoms with Crippen LogP contribution in [-0.2, 0) is 13.1 Å². The van der Waals surface area contributed by atoms with Crippen molar-refractivity contribution in [3.8, 4) is 0 Å². The third-order valence-corrected chi connectivity index (χ3v) is 2.79. The van der Waals surface area contributed by atoms with Gasteiger partial charge in [-0.1, -0.05) is 0 Å². The molecule has 1 aliphatic rings. The summed E-state index contributed by atoms with van der Waals surface area (Å²) in [6, 6.07) is 2.92. The molecule has 1 aromatic rings. The van der Waals surface area contributed by atoms with Crippen LogP contribution in [0.5, 0.6) is 0 Å². The summed E-state index contributed by atoms with van der Waals surface area (Å²) in [5.74, 6) is 0. The van der Waals surface area contributed by atoms with Crippen LogP contribution in [0.2, 0.25) is 0 Å². The maximum Gasteiger partial charge on any atom is 0.0529 e. The fourth-order valence-corrected chi connectivity index (χ4v) is 1.62. The van der Waals surface area contributed by atoms with E-state index in [1.54, 1.807) is 0 Å². The first-order valence-corrected chi connectivity index (χ1v) is 5.80. The second-order valence-electron chi connectivity index (χ2n) is 4.55. The maximum atomic E-state index is 9.18. The first kappa shape index (κ1) is 10.7. The Morgan fingerprint density at radius 2 is 2.40 bits per heavy atom. The fraction of sp³-hybridized carbons (Fsp3) is 0.667. The van der Waals surface area contributed by atoms with E-state index in [-0.39, 0.29) is 6.10 Å². The average molecular weight is 208 g/mol. The number of nitrogens with zero attached hydrogens (tertiary/aromatic N) is 1. The Morgan fingerprint density at radius 1 is 1.60 bits per heavy atom. The Labute approximate surface area is 91.1 Å². The molecule has 1 heterocycles. The van der Waals surface area contributed by atoms with Crippen LogP contribution in [0.3, 0.4) is 0 Å². The monoisotopic (exact) mass is 208 g/mol. The predicted molar refractivity (Wildman–Crippen MR) is 60.6 cm³/mol. The highest BCUT2D eigenvalue weighted by Crippen LogP contribution is 2.19. The minimum atomic E-state index is -0.208. The Morgan fingerprint density at radius 3 is 3.07 bits per heavy atom. The number of rotatable bonds is 6. The number of aliphatic hydroxyl groups excluding tert-OH is 1. The van der Waals surface area contributed by atoms with E-state index in [0.29, 0.717) is 0 Å². The van der Waals surface area contributed by atoms with Crippen molar-refractivity contribution < 1.29 is 5.11 Å². The molecule has 0 saturated heterocycles. The Kier molecular flexibility index (Phi) is 3.44. The molecule has 3 nitrogen and oxygen atoms in total. The Bertz CT molecular complexity index is 282. The average Bonchev–Trinajstić information content (AvgIpc) is 2.92. The summed E-state index contributed by atoms with van der Waals surface area (Å²) >= 11 is 0. The lowest BCUT2D eigenvalue weighted by atomic mass is 10.3. The molecule has 1 fully saturated rings. The summed E-state index contributed by atoms with van der Waals surface area (Å²) in [7, 11) is 0. The van der Waals surface area contributed by atoms with E-state index >= 15 is 0 Å². The van der Waals surface area contributed by atoms with Crippen LogP contribution in [0.15, 0.2) is 18.5 Å². The summed E-state index contributed by atoms with van der Waals surface area (Å²) in [5.41, 5.74) is 1.34. The third kappa shape index (κ3) is 3.68. The molecule has 1 saturated carbocycles. The van der Waals surface area contributed by atoms with Gasteiger partial charge in [0.1, 0.15) is 0 Å². The van der Waals surface area contributed by atoms with Crippen LogP contribution < -0.4 is 5.32 Å². The van der Waals surface area contributed by atoms with Crippen LogP contribution in [0.4, 0.5) is 0 Å². The van der Waals surface area contributed by atoms with Crippen LogP contribution in [0.25, 0.3) is 0 Å². The first-order chi connectivity index (χ1) is 7.24.